The Hall–Kier alpha value is -5.28. The van der Waals surface area contributed by atoms with Gasteiger partial charge in [-0.2, -0.15) is 0 Å². The minimum Gasteiger partial charge on any atom is -0.463 e. The number of hydrogen-bond acceptors (Lipinski definition) is 7. The Morgan fingerprint density at radius 2 is 1.43 bits per heavy atom. The number of anilines is 4. The van der Waals surface area contributed by atoms with E-state index in [9.17, 15) is 24.3 Å². The molecule has 4 aliphatic rings. The van der Waals surface area contributed by atoms with E-state index in [4.69, 9.17) is 4.42 Å². The molecule has 0 spiro atoms. The van der Waals surface area contributed by atoms with Crippen molar-refractivity contribution in [1.29, 1.82) is 0 Å². The number of furan rings is 1. The SMILES string of the molecule is C[C@@]12C(=O)N(c3ccccc3)C(=O)[C@@H]1C[C@@H]1C(=CC[C@@H]3C(=O)N(c4ccc(Nc5ccccc5)cc4)C(=O)[C@@H]31)[C@@H]2c1ccc(CO)o1. The van der Waals surface area contributed by atoms with Gasteiger partial charge >= 0.3 is 0 Å². The maximum absolute atomic E-state index is 14.4. The van der Waals surface area contributed by atoms with Crippen LogP contribution in [0.4, 0.5) is 22.7 Å². The van der Waals surface area contributed by atoms with Gasteiger partial charge in [-0.25, -0.2) is 4.90 Å². The first-order chi connectivity index (χ1) is 22.8. The maximum Gasteiger partial charge on any atom is 0.241 e. The van der Waals surface area contributed by atoms with E-state index >= 15 is 0 Å². The van der Waals surface area contributed by atoms with Crippen molar-refractivity contribution in [3.05, 3.63) is 120 Å². The van der Waals surface area contributed by atoms with Crippen molar-refractivity contribution >= 4 is 46.4 Å². The van der Waals surface area contributed by atoms with E-state index in [1.165, 1.54) is 9.80 Å². The van der Waals surface area contributed by atoms with Crippen LogP contribution in [0.25, 0.3) is 0 Å². The summed E-state index contributed by atoms with van der Waals surface area (Å²) in [5, 5.41) is 13.1. The van der Waals surface area contributed by atoms with Crippen LogP contribution in [0.15, 0.2) is 113 Å². The number of aliphatic hydroxyl groups is 1. The summed E-state index contributed by atoms with van der Waals surface area (Å²) in [6.07, 6.45) is 2.58. The summed E-state index contributed by atoms with van der Waals surface area (Å²) >= 11 is 0. The van der Waals surface area contributed by atoms with Gasteiger partial charge in [-0.15, -0.1) is 0 Å². The first kappa shape index (κ1) is 29.1. The summed E-state index contributed by atoms with van der Waals surface area (Å²) in [4.78, 5) is 59.4. The molecule has 2 aliphatic heterocycles. The molecule has 4 aromatic rings. The highest BCUT2D eigenvalue weighted by molar-refractivity contribution is 6.25. The molecule has 4 amide bonds. The zero-order valence-corrected chi connectivity index (χ0v) is 25.7. The van der Waals surface area contributed by atoms with Crippen molar-refractivity contribution in [2.24, 2.45) is 29.1 Å². The second kappa shape index (κ2) is 10.9. The number of rotatable bonds is 6. The smallest absolute Gasteiger partial charge is 0.241 e. The molecule has 3 fully saturated rings. The topological polar surface area (TPSA) is 120 Å². The first-order valence-corrected chi connectivity index (χ1v) is 15.9. The van der Waals surface area contributed by atoms with Gasteiger partial charge in [-0.05, 0) is 86.3 Å². The highest BCUT2D eigenvalue weighted by Gasteiger charge is 2.68. The van der Waals surface area contributed by atoms with Gasteiger partial charge in [-0.1, -0.05) is 48.0 Å². The highest BCUT2D eigenvalue weighted by Crippen LogP contribution is 2.63. The molecule has 9 heteroatoms. The molecular weight excluding hydrogens is 594 g/mol. The lowest BCUT2D eigenvalue weighted by molar-refractivity contribution is -0.131. The Kier molecular flexibility index (Phi) is 6.77. The van der Waals surface area contributed by atoms with E-state index < -0.39 is 35.0 Å². The molecule has 47 heavy (non-hydrogen) atoms. The monoisotopic (exact) mass is 627 g/mol. The van der Waals surface area contributed by atoms with E-state index in [-0.39, 0.29) is 36.7 Å². The number of hydrogen-bond donors (Lipinski definition) is 2. The predicted molar refractivity (Wildman–Crippen MR) is 174 cm³/mol. The maximum atomic E-state index is 14.4. The van der Waals surface area contributed by atoms with Crippen molar-refractivity contribution < 1.29 is 28.7 Å². The Balaban J connectivity index is 1.16. The number of aliphatic hydroxyl groups excluding tert-OH is 1. The number of nitrogens with zero attached hydrogens (tertiary/aromatic N) is 2. The predicted octanol–water partition coefficient (Wildman–Crippen LogP) is 5.95. The molecule has 6 atom stereocenters. The van der Waals surface area contributed by atoms with Crippen LogP contribution in [0, 0.1) is 29.1 Å². The molecule has 2 saturated heterocycles. The average Bonchev–Trinajstić information content (AvgIpc) is 3.72. The van der Waals surface area contributed by atoms with Gasteiger partial charge in [0, 0.05) is 11.4 Å². The molecule has 2 N–H and O–H groups in total. The van der Waals surface area contributed by atoms with Gasteiger partial charge in [0.25, 0.3) is 0 Å². The number of allylic oxidation sites excluding steroid dienone is 2. The van der Waals surface area contributed by atoms with Gasteiger partial charge in [-0.3, -0.25) is 24.1 Å². The molecule has 9 nitrogen and oxygen atoms in total. The van der Waals surface area contributed by atoms with Crippen molar-refractivity contribution in [1.82, 2.24) is 0 Å². The number of nitrogens with one attached hydrogen (secondary N) is 1. The highest BCUT2D eigenvalue weighted by atomic mass is 16.4. The van der Waals surface area contributed by atoms with Crippen molar-refractivity contribution in [3.63, 3.8) is 0 Å². The molecule has 8 rings (SSSR count). The molecule has 1 saturated carbocycles. The molecule has 3 aromatic carbocycles. The summed E-state index contributed by atoms with van der Waals surface area (Å²) in [5.74, 6) is -3.51. The quantitative estimate of drug-likeness (QED) is 0.200. The summed E-state index contributed by atoms with van der Waals surface area (Å²) in [6.45, 7) is 1.50. The van der Waals surface area contributed by atoms with Gasteiger partial charge in [0.2, 0.25) is 23.6 Å². The number of benzene rings is 3. The third-order valence-corrected chi connectivity index (χ3v) is 10.6. The Morgan fingerprint density at radius 3 is 2.11 bits per heavy atom. The lowest BCUT2D eigenvalue weighted by atomic mass is 9.52. The Morgan fingerprint density at radius 1 is 0.766 bits per heavy atom. The van der Waals surface area contributed by atoms with Crippen LogP contribution in [0.3, 0.4) is 0 Å². The minimum atomic E-state index is -1.19. The second-order valence-corrected chi connectivity index (χ2v) is 13.0. The van der Waals surface area contributed by atoms with Crippen LogP contribution in [-0.4, -0.2) is 28.7 Å². The fourth-order valence-corrected chi connectivity index (χ4v) is 8.41. The zero-order chi connectivity index (χ0) is 32.4. The summed E-state index contributed by atoms with van der Waals surface area (Å²) in [6, 6.07) is 29.2. The van der Waals surface area contributed by atoms with Gasteiger partial charge in [0.15, 0.2) is 0 Å². The lowest BCUT2D eigenvalue weighted by Crippen LogP contribution is -2.48. The van der Waals surface area contributed by atoms with Crippen LogP contribution >= 0.6 is 0 Å². The molecule has 2 aliphatic carbocycles. The molecule has 0 radical (unpaired) electrons. The molecule has 0 unspecified atom stereocenters. The van der Waals surface area contributed by atoms with Crippen molar-refractivity contribution in [2.75, 3.05) is 15.1 Å². The van der Waals surface area contributed by atoms with Crippen LogP contribution in [-0.2, 0) is 25.8 Å². The van der Waals surface area contributed by atoms with Crippen molar-refractivity contribution in [2.45, 2.75) is 32.3 Å². The van der Waals surface area contributed by atoms with E-state index in [1.807, 2.05) is 61.5 Å². The van der Waals surface area contributed by atoms with Crippen LogP contribution in [0.2, 0.25) is 0 Å². The van der Waals surface area contributed by atoms with E-state index in [0.717, 1.165) is 16.9 Å². The molecule has 0 bridgehead atoms. The standard InChI is InChI=1S/C38H33N3O6/c1-38-30(35(44)41(37(38)46)24-10-6-3-7-11-24)20-29-27(33(38)31-19-16-26(21-42)47-31)17-18-28-32(29)36(45)40(34(28)43)25-14-12-23(13-15-25)39-22-8-4-2-5-9-22/h2-17,19,28-30,32-33,39,42H,18,20-21H2,1H3/t28-,29+,30-,32-,33+,38+/m0/s1. The third kappa shape index (κ3) is 4.33. The number of carbonyl (C=O) groups is 4. The fraction of sp³-hybridized carbons (Fsp3) is 0.263. The fourth-order valence-electron chi connectivity index (χ4n) is 8.41. The zero-order valence-electron chi connectivity index (χ0n) is 25.7. The lowest BCUT2D eigenvalue weighted by Gasteiger charge is -2.48. The Bertz CT molecular complexity index is 1930. The van der Waals surface area contributed by atoms with E-state index in [0.29, 0.717) is 29.3 Å². The molecule has 3 heterocycles. The molecular formula is C38H33N3O6. The number of fused-ring (bicyclic) bond motifs is 4. The number of imide groups is 2. The van der Waals surface area contributed by atoms with E-state index in [1.54, 1.807) is 48.5 Å². The number of carbonyl (C=O) groups excluding carboxylic acids is 4. The Labute approximate surface area is 271 Å². The van der Waals surface area contributed by atoms with Crippen molar-refractivity contribution in [3.8, 4) is 0 Å². The average molecular weight is 628 g/mol. The van der Waals surface area contributed by atoms with Crippen LogP contribution in [0.1, 0.15) is 37.2 Å². The van der Waals surface area contributed by atoms with Gasteiger partial charge in [0.05, 0.1) is 40.5 Å². The second-order valence-electron chi connectivity index (χ2n) is 13.0. The number of para-hydroxylation sites is 2. The largest absolute Gasteiger partial charge is 0.463 e. The first-order valence-electron chi connectivity index (χ1n) is 15.9. The normalized spacial score (nSPS) is 28.2. The van der Waals surface area contributed by atoms with Crippen LogP contribution < -0.4 is 15.1 Å². The summed E-state index contributed by atoms with van der Waals surface area (Å²) in [7, 11) is 0. The molecule has 1 aromatic heterocycles. The number of amides is 4. The van der Waals surface area contributed by atoms with E-state index in [2.05, 4.69) is 5.32 Å². The summed E-state index contributed by atoms with van der Waals surface area (Å²) < 4.78 is 6.08. The third-order valence-electron chi connectivity index (χ3n) is 10.6. The minimum absolute atomic E-state index is 0.258. The van der Waals surface area contributed by atoms with Gasteiger partial charge in [0.1, 0.15) is 18.1 Å². The van der Waals surface area contributed by atoms with Crippen LogP contribution in [0.5, 0.6) is 0 Å². The molecule has 236 valence electrons. The van der Waals surface area contributed by atoms with Gasteiger partial charge < -0.3 is 14.8 Å². The summed E-state index contributed by atoms with van der Waals surface area (Å²) in [5.41, 5.74) is 2.37.